The van der Waals surface area contributed by atoms with Gasteiger partial charge in [0.2, 0.25) is 0 Å². The van der Waals surface area contributed by atoms with E-state index in [-0.39, 0.29) is 0 Å². The van der Waals surface area contributed by atoms with Crippen molar-refractivity contribution in [2.75, 3.05) is 0 Å². The summed E-state index contributed by atoms with van der Waals surface area (Å²) in [4.78, 5) is 4.92. The Morgan fingerprint density at radius 2 is 1.71 bits per heavy atom. The van der Waals surface area contributed by atoms with Gasteiger partial charge in [-0.05, 0) is 24.3 Å². The number of rotatable bonds is 1. The Morgan fingerprint density at radius 1 is 0.917 bits per heavy atom. The first-order chi connectivity index (χ1) is 11.7. The van der Waals surface area contributed by atoms with E-state index in [1.807, 2.05) is 12.1 Å². The van der Waals surface area contributed by atoms with E-state index in [0.29, 0.717) is 0 Å². The van der Waals surface area contributed by atoms with Crippen LogP contribution in [0.5, 0.6) is 0 Å². The topological polar surface area (TPSA) is 22.2 Å². The molecule has 116 valence electrons. The van der Waals surface area contributed by atoms with Crippen molar-refractivity contribution in [1.82, 2.24) is 14.0 Å². The third-order valence-corrected chi connectivity index (χ3v) is 5.16. The van der Waals surface area contributed by atoms with Gasteiger partial charge >= 0.3 is 0 Å². The molecule has 2 aromatic carbocycles. The zero-order valence-corrected chi connectivity index (χ0v) is 14.7. The molecule has 0 N–H and O–H groups in total. The van der Waals surface area contributed by atoms with Gasteiger partial charge in [-0.2, -0.15) is 0 Å². The minimum atomic E-state index is 0.986. The fourth-order valence-corrected chi connectivity index (χ4v) is 3.72. The van der Waals surface area contributed by atoms with Crippen molar-refractivity contribution in [2.45, 2.75) is 0 Å². The zero-order chi connectivity index (χ0) is 16.3. The molecular weight excluding hydrogens is 362 g/mol. The van der Waals surface area contributed by atoms with Gasteiger partial charge in [-0.15, -0.1) is 0 Å². The summed E-state index contributed by atoms with van der Waals surface area (Å²) in [5.41, 5.74) is 5.49. The summed E-state index contributed by atoms with van der Waals surface area (Å²) < 4.78 is 5.42. The minimum absolute atomic E-state index is 0.986. The van der Waals surface area contributed by atoms with Crippen LogP contribution in [0.1, 0.15) is 0 Å². The fraction of sp³-hybridized carbons (Fsp3) is 0.0500. The molecule has 0 spiro atoms. The predicted octanol–water partition coefficient (Wildman–Crippen LogP) is 5.41. The Labute approximate surface area is 147 Å². The van der Waals surface area contributed by atoms with Crippen molar-refractivity contribution in [3.63, 3.8) is 0 Å². The van der Waals surface area contributed by atoms with Crippen LogP contribution in [-0.2, 0) is 7.05 Å². The number of hydrogen-bond donors (Lipinski definition) is 0. The second-order valence-electron chi connectivity index (χ2n) is 6.02. The van der Waals surface area contributed by atoms with E-state index in [1.54, 1.807) is 0 Å². The van der Waals surface area contributed by atoms with Gasteiger partial charge in [0, 0.05) is 45.8 Å². The van der Waals surface area contributed by atoms with Crippen LogP contribution < -0.4 is 0 Å². The van der Waals surface area contributed by atoms with Crippen LogP contribution in [0.25, 0.3) is 38.7 Å². The quantitative estimate of drug-likeness (QED) is 0.384. The van der Waals surface area contributed by atoms with Gasteiger partial charge in [0.15, 0.2) is 5.65 Å². The summed E-state index contributed by atoms with van der Waals surface area (Å²) in [5, 5.41) is 2.51. The Balaban J connectivity index is 1.86. The number of aryl methyl sites for hydroxylation is 1. The smallest absolute Gasteiger partial charge is 0.162 e. The van der Waals surface area contributed by atoms with Gasteiger partial charge in [-0.25, -0.2) is 4.98 Å². The lowest BCUT2D eigenvalue weighted by atomic mass is 10.2. The number of para-hydroxylation sites is 1. The Bertz CT molecular complexity index is 1210. The summed E-state index contributed by atoms with van der Waals surface area (Å²) in [6.07, 6.45) is 4.19. The standard InChI is InChI=1S/C20H14BrN3/c1-23-18-5-3-2-4-15(18)16-10-11-24-12-17(22-20(24)19(16)23)13-6-8-14(21)9-7-13/h2-12H,1H3. The maximum Gasteiger partial charge on any atom is 0.162 e. The summed E-state index contributed by atoms with van der Waals surface area (Å²) in [5.74, 6) is 0. The summed E-state index contributed by atoms with van der Waals surface area (Å²) >= 11 is 3.49. The van der Waals surface area contributed by atoms with Gasteiger partial charge in [0.05, 0.1) is 11.2 Å². The lowest BCUT2D eigenvalue weighted by molar-refractivity contribution is 1.01. The van der Waals surface area contributed by atoms with Crippen LogP contribution in [0.2, 0.25) is 0 Å². The van der Waals surface area contributed by atoms with Crippen LogP contribution in [-0.4, -0.2) is 14.0 Å². The number of aromatic nitrogens is 3. The lowest BCUT2D eigenvalue weighted by Crippen LogP contribution is -1.90. The molecule has 0 saturated carbocycles. The largest absolute Gasteiger partial charge is 0.341 e. The van der Waals surface area contributed by atoms with Gasteiger partial charge in [0.1, 0.15) is 0 Å². The maximum absolute atomic E-state index is 4.92. The van der Waals surface area contributed by atoms with Crippen LogP contribution in [0, 0.1) is 0 Å². The highest BCUT2D eigenvalue weighted by Crippen LogP contribution is 2.31. The van der Waals surface area contributed by atoms with Crippen LogP contribution >= 0.6 is 15.9 Å². The molecule has 24 heavy (non-hydrogen) atoms. The minimum Gasteiger partial charge on any atom is -0.341 e. The van der Waals surface area contributed by atoms with E-state index in [1.165, 1.54) is 21.8 Å². The fourth-order valence-electron chi connectivity index (χ4n) is 3.46. The molecule has 0 atom stereocenters. The lowest BCUT2D eigenvalue weighted by Gasteiger charge is -1.99. The number of hydrogen-bond acceptors (Lipinski definition) is 1. The molecule has 0 saturated heterocycles. The van der Waals surface area contributed by atoms with Crippen LogP contribution in [0.15, 0.2) is 71.5 Å². The first-order valence-electron chi connectivity index (χ1n) is 7.83. The first kappa shape index (κ1) is 13.8. The van der Waals surface area contributed by atoms with Crippen molar-refractivity contribution in [1.29, 1.82) is 0 Å². The SMILES string of the molecule is Cn1c2ccccc2c2ccn3cc(-c4ccc(Br)cc4)nc3c21. The van der Waals surface area contributed by atoms with E-state index in [4.69, 9.17) is 4.98 Å². The Hall–Kier alpha value is -2.59. The van der Waals surface area contributed by atoms with E-state index in [2.05, 4.69) is 86.8 Å². The summed E-state index contributed by atoms with van der Waals surface area (Å²) in [7, 11) is 2.11. The molecule has 0 unspecified atom stereocenters. The van der Waals surface area contributed by atoms with Gasteiger partial charge in [-0.3, -0.25) is 0 Å². The molecule has 3 heterocycles. The second kappa shape index (κ2) is 4.95. The predicted molar refractivity (Wildman–Crippen MR) is 102 cm³/mol. The average molecular weight is 376 g/mol. The highest BCUT2D eigenvalue weighted by Gasteiger charge is 2.13. The number of pyridine rings is 1. The van der Waals surface area contributed by atoms with Crippen molar-refractivity contribution in [3.05, 3.63) is 71.5 Å². The second-order valence-corrected chi connectivity index (χ2v) is 6.93. The van der Waals surface area contributed by atoms with E-state index in [9.17, 15) is 0 Å². The van der Waals surface area contributed by atoms with E-state index in [0.717, 1.165) is 21.4 Å². The molecule has 0 aliphatic carbocycles. The van der Waals surface area contributed by atoms with E-state index < -0.39 is 0 Å². The first-order valence-corrected chi connectivity index (χ1v) is 8.62. The molecule has 5 rings (SSSR count). The highest BCUT2D eigenvalue weighted by atomic mass is 79.9. The summed E-state index contributed by atoms with van der Waals surface area (Å²) in [6, 6.07) is 18.9. The molecule has 3 nitrogen and oxygen atoms in total. The number of fused-ring (bicyclic) bond motifs is 5. The summed E-state index contributed by atoms with van der Waals surface area (Å²) in [6.45, 7) is 0. The zero-order valence-electron chi connectivity index (χ0n) is 13.1. The van der Waals surface area contributed by atoms with Gasteiger partial charge in [0.25, 0.3) is 0 Å². The van der Waals surface area contributed by atoms with Crippen molar-refractivity contribution < 1.29 is 0 Å². The molecule has 0 radical (unpaired) electrons. The average Bonchev–Trinajstić information content (AvgIpc) is 3.16. The number of nitrogens with zero attached hydrogens (tertiary/aromatic N) is 3. The van der Waals surface area contributed by atoms with Crippen molar-refractivity contribution in [2.24, 2.45) is 7.05 Å². The number of imidazole rings is 1. The molecule has 3 aromatic heterocycles. The van der Waals surface area contributed by atoms with Crippen LogP contribution in [0.3, 0.4) is 0 Å². The molecule has 4 heteroatoms. The molecular formula is C20H14BrN3. The van der Waals surface area contributed by atoms with Crippen molar-refractivity contribution in [3.8, 4) is 11.3 Å². The third-order valence-electron chi connectivity index (χ3n) is 4.63. The molecule has 0 aliphatic heterocycles. The normalized spacial score (nSPS) is 11.8. The molecule has 0 bridgehead atoms. The van der Waals surface area contributed by atoms with Gasteiger partial charge < -0.3 is 8.97 Å². The molecule has 0 aliphatic rings. The number of halogens is 1. The maximum atomic E-state index is 4.92. The monoisotopic (exact) mass is 375 g/mol. The van der Waals surface area contributed by atoms with Crippen LogP contribution in [0.4, 0.5) is 0 Å². The molecule has 5 aromatic rings. The molecule has 0 fully saturated rings. The number of benzene rings is 2. The Kier molecular flexibility index (Phi) is 2.85. The molecule has 0 amide bonds. The third kappa shape index (κ3) is 1.86. The van der Waals surface area contributed by atoms with Gasteiger partial charge in [-0.1, -0.05) is 46.3 Å². The highest BCUT2D eigenvalue weighted by molar-refractivity contribution is 9.10. The van der Waals surface area contributed by atoms with E-state index >= 15 is 0 Å². The van der Waals surface area contributed by atoms with Crippen molar-refractivity contribution >= 4 is 43.4 Å². The Morgan fingerprint density at radius 3 is 2.54 bits per heavy atom.